The second kappa shape index (κ2) is 7.77. The van der Waals surface area contributed by atoms with Crippen molar-refractivity contribution in [1.29, 1.82) is 0 Å². The molecule has 0 bridgehead atoms. The maximum Gasteiger partial charge on any atom is 0.375 e. The van der Waals surface area contributed by atoms with Crippen LogP contribution >= 0.6 is 0 Å². The molecule has 0 aromatic carbocycles. The van der Waals surface area contributed by atoms with Crippen LogP contribution in [0.2, 0.25) is 0 Å². The number of aromatic nitrogens is 1. The van der Waals surface area contributed by atoms with Crippen LogP contribution in [0.3, 0.4) is 0 Å². The maximum atomic E-state index is 12.7. The van der Waals surface area contributed by atoms with Crippen molar-refractivity contribution >= 4 is 11.9 Å². The molecule has 6 nitrogen and oxygen atoms in total. The number of furan rings is 1. The smallest absolute Gasteiger partial charge is 0.375 e. The lowest BCUT2D eigenvalue weighted by Crippen LogP contribution is -2.40. The Hall–Kier alpha value is -2.63. The maximum absolute atomic E-state index is 12.7. The average molecular weight is 328 g/mol. The molecule has 3 rings (SSSR count). The van der Waals surface area contributed by atoms with Crippen molar-refractivity contribution in [2.24, 2.45) is 0 Å². The second-order valence-corrected chi connectivity index (χ2v) is 5.89. The third-order valence-corrected chi connectivity index (χ3v) is 4.15. The fraction of sp³-hybridized carbons (Fsp3) is 0.389. The van der Waals surface area contributed by atoms with Crippen molar-refractivity contribution in [2.75, 3.05) is 0 Å². The molecule has 0 spiro atoms. The van der Waals surface area contributed by atoms with E-state index in [1.165, 1.54) is 18.8 Å². The fourth-order valence-corrected chi connectivity index (χ4v) is 2.89. The summed E-state index contributed by atoms with van der Waals surface area (Å²) in [7, 11) is 0. The van der Waals surface area contributed by atoms with Gasteiger partial charge in [0, 0.05) is 24.0 Å². The van der Waals surface area contributed by atoms with E-state index in [1.54, 1.807) is 30.6 Å². The first-order valence-corrected chi connectivity index (χ1v) is 8.19. The topological polar surface area (TPSA) is 81.4 Å². The van der Waals surface area contributed by atoms with Gasteiger partial charge in [0.1, 0.15) is 0 Å². The van der Waals surface area contributed by atoms with E-state index in [2.05, 4.69) is 10.3 Å². The summed E-state index contributed by atoms with van der Waals surface area (Å²) < 4.78 is 10.5. The first kappa shape index (κ1) is 16.2. The highest BCUT2D eigenvalue weighted by molar-refractivity contribution is 5.90. The minimum absolute atomic E-state index is 0.0690. The van der Waals surface area contributed by atoms with Gasteiger partial charge in [-0.3, -0.25) is 9.78 Å². The molecule has 126 valence electrons. The van der Waals surface area contributed by atoms with Crippen LogP contribution in [0, 0.1) is 0 Å². The van der Waals surface area contributed by atoms with E-state index in [9.17, 15) is 9.59 Å². The van der Waals surface area contributed by atoms with Gasteiger partial charge in [-0.1, -0.05) is 19.3 Å². The van der Waals surface area contributed by atoms with Crippen molar-refractivity contribution in [3.63, 3.8) is 0 Å². The van der Waals surface area contributed by atoms with E-state index in [-0.39, 0.29) is 17.7 Å². The number of hydrogen-bond acceptors (Lipinski definition) is 5. The standard InChI is InChI=1S/C18H20N2O4/c21-17(20-14-5-2-1-3-6-14)16(13-8-10-19-11-9-13)24-18(22)15-7-4-12-23-15/h4,7-12,14,16H,1-3,5-6H2,(H,20,21)/t16-/m0/s1. The summed E-state index contributed by atoms with van der Waals surface area (Å²) in [4.78, 5) is 28.8. The number of carbonyl (C=O) groups excluding carboxylic acids is 2. The summed E-state index contributed by atoms with van der Waals surface area (Å²) in [5.74, 6) is -0.909. The van der Waals surface area contributed by atoms with Crippen molar-refractivity contribution in [3.05, 3.63) is 54.2 Å². The number of carbonyl (C=O) groups is 2. The van der Waals surface area contributed by atoms with Gasteiger partial charge in [-0.05, 0) is 37.1 Å². The Morgan fingerprint density at radius 2 is 1.92 bits per heavy atom. The van der Waals surface area contributed by atoms with Crippen molar-refractivity contribution in [1.82, 2.24) is 10.3 Å². The van der Waals surface area contributed by atoms with Crippen LogP contribution in [0.1, 0.15) is 54.3 Å². The third kappa shape index (κ3) is 4.01. The molecule has 1 N–H and O–H groups in total. The van der Waals surface area contributed by atoms with E-state index < -0.39 is 12.1 Å². The molecule has 1 aliphatic rings. The molecule has 1 saturated carbocycles. The van der Waals surface area contributed by atoms with Crippen LogP contribution in [0.5, 0.6) is 0 Å². The lowest BCUT2D eigenvalue weighted by molar-refractivity contribution is -0.131. The van der Waals surface area contributed by atoms with Crippen molar-refractivity contribution < 1.29 is 18.7 Å². The van der Waals surface area contributed by atoms with E-state index in [0.29, 0.717) is 5.56 Å². The van der Waals surface area contributed by atoms with E-state index in [0.717, 1.165) is 25.7 Å². The Morgan fingerprint density at radius 3 is 2.58 bits per heavy atom. The van der Waals surface area contributed by atoms with Gasteiger partial charge >= 0.3 is 5.97 Å². The Balaban J connectivity index is 1.74. The Bertz CT molecular complexity index is 664. The molecule has 24 heavy (non-hydrogen) atoms. The Morgan fingerprint density at radius 1 is 1.17 bits per heavy atom. The highest BCUT2D eigenvalue weighted by atomic mass is 16.6. The lowest BCUT2D eigenvalue weighted by Gasteiger charge is -2.25. The quantitative estimate of drug-likeness (QED) is 0.853. The summed E-state index contributed by atoms with van der Waals surface area (Å²) in [6.45, 7) is 0. The minimum atomic E-state index is -1.02. The molecule has 0 saturated heterocycles. The predicted molar refractivity (Wildman–Crippen MR) is 86.1 cm³/mol. The molecule has 2 heterocycles. The molecule has 1 aliphatic carbocycles. The summed E-state index contributed by atoms with van der Waals surface area (Å²) in [6.07, 6.45) is 8.84. The zero-order valence-corrected chi connectivity index (χ0v) is 13.3. The third-order valence-electron chi connectivity index (χ3n) is 4.15. The van der Waals surface area contributed by atoms with Crippen LogP contribution in [-0.2, 0) is 9.53 Å². The zero-order chi connectivity index (χ0) is 16.8. The monoisotopic (exact) mass is 328 g/mol. The highest BCUT2D eigenvalue weighted by Crippen LogP contribution is 2.22. The molecule has 0 aliphatic heterocycles. The number of hydrogen-bond donors (Lipinski definition) is 1. The average Bonchev–Trinajstić information content (AvgIpc) is 3.16. The fourth-order valence-electron chi connectivity index (χ4n) is 2.89. The largest absolute Gasteiger partial charge is 0.457 e. The van der Waals surface area contributed by atoms with Gasteiger partial charge in [-0.2, -0.15) is 0 Å². The zero-order valence-electron chi connectivity index (χ0n) is 13.3. The molecule has 1 atom stereocenters. The molecule has 1 fully saturated rings. The normalized spacial score (nSPS) is 16.3. The molecule has 0 radical (unpaired) electrons. The van der Waals surface area contributed by atoms with E-state index in [4.69, 9.17) is 9.15 Å². The summed E-state index contributed by atoms with van der Waals surface area (Å²) in [5, 5.41) is 3.00. The van der Waals surface area contributed by atoms with Crippen LogP contribution in [0.25, 0.3) is 0 Å². The van der Waals surface area contributed by atoms with Crippen LogP contribution in [0.4, 0.5) is 0 Å². The SMILES string of the molecule is O=C(O[C@H](C(=O)NC1CCCCC1)c1ccncc1)c1ccco1. The molecular formula is C18H20N2O4. The predicted octanol–water partition coefficient (Wildman–Crippen LogP) is 3.02. The van der Waals surface area contributed by atoms with Crippen LogP contribution in [0.15, 0.2) is 47.3 Å². The molecule has 0 unspecified atom stereocenters. The Labute approximate surface area is 140 Å². The van der Waals surface area contributed by atoms with Crippen LogP contribution < -0.4 is 5.32 Å². The number of pyridine rings is 1. The molecule has 2 aromatic rings. The Kier molecular flexibility index (Phi) is 5.25. The molecular weight excluding hydrogens is 308 g/mol. The van der Waals surface area contributed by atoms with Crippen LogP contribution in [-0.4, -0.2) is 22.9 Å². The molecule has 1 amide bonds. The number of nitrogens with one attached hydrogen (secondary N) is 1. The van der Waals surface area contributed by atoms with Gasteiger partial charge in [0.2, 0.25) is 11.9 Å². The van der Waals surface area contributed by atoms with E-state index in [1.807, 2.05) is 0 Å². The van der Waals surface area contributed by atoms with Gasteiger partial charge in [0.25, 0.3) is 5.91 Å². The number of ether oxygens (including phenoxy) is 1. The summed E-state index contributed by atoms with van der Waals surface area (Å²) in [5.41, 5.74) is 0.582. The first-order chi connectivity index (χ1) is 11.7. The number of rotatable bonds is 5. The van der Waals surface area contributed by atoms with Gasteiger partial charge in [0.15, 0.2) is 0 Å². The lowest BCUT2D eigenvalue weighted by atomic mass is 9.95. The summed E-state index contributed by atoms with van der Waals surface area (Å²) in [6, 6.07) is 6.57. The number of nitrogens with zero attached hydrogens (tertiary/aromatic N) is 1. The first-order valence-electron chi connectivity index (χ1n) is 8.19. The summed E-state index contributed by atoms with van der Waals surface area (Å²) >= 11 is 0. The molecule has 2 aromatic heterocycles. The molecule has 6 heteroatoms. The highest BCUT2D eigenvalue weighted by Gasteiger charge is 2.28. The van der Waals surface area contributed by atoms with Gasteiger partial charge in [0.05, 0.1) is 6.26 Å². The number of esters is 1. The van der Waals surface area contributed by atoms with Crippen molar-refractivity contribution in [3.8, 4) is 0 Å². The minimum Gasteiger partial charge on any atom is -0.457 e. The number of amides is 1. The van der Waals surface area contributed by atoms with Gasteiger partial charge < -0.3 is 14.5 Å². The van der Waals surface area contributed by atoms with Gasteiger partial charge in [-0.15, -0.1) is 0 Å². The second-order valence-electron chi connectivity index (χ2n) is 5.89. The van der Waals surface area contributed by atoms with Gasteiger partial charge in [-0.25, -0.2) is 4.79 Å². The van der Waals surface area contributed by atoms with E-state index >= 15 is 0 Å². The van der Waals surface area contributed by atoms with Crippen molar-refractivity contribution in [2.45, 2.75) is 44.2 Å².